The Morgan fingerprint density at radius 1 is 0.540 bits per heavy atom. The maximum absolute atomic E-state index is 12.9. The molecule has 2 N–H and O–H groups in total. The average Bonchev–Trinajstić information content (AvgIpc) is 3.24. The van der Waals surface area contributed by atoms with Gasteiger partial charge >= 0.3 is 0 Å². The summed E-state index contributed by atoms with van der Waals surface area (Å²) < 4.78 is 23.3. The molecule has 0 saturated carbocycles. The summed E-state index contributed by atoms with van der Waals surface area (Å²) in [5.41, 5.74) is 0. The summed E-state index contributed by atoms with van der Waals surface area (Å²) in [5.74, 6) is -0.204. The van der Waals surface area contributed by atoms with Gasteiger partial charge in [-0.15, -0.1) is 0 Å². The second kappa shape index (κ2) is 46.1. The highest BCUT2D eigenvalue weighted by Crippen LogP contribution is 2.38. The van der Waals surface area contributed by atoms with Crippen molar-refractivity contribution in [3.63, 3.8) is 0 Å². The van der Waals surface area contributed by atoms with Gasteiger partial charge in [-0.2, -0.15) is 0 Å². The lowest BCUT2D eigenvalue weighted by atomic mass is 10.0. The second-order valence-electron chi connectivity index (χ2n) is 19.9. The smallest absolute Gasteiger partial charge is 0.268 e. The van der Waals surface area contributed by atoms with Gasteiger partial charge in [0, 0.05) is 6.42 Å². The third-order valence-electron chi connectivity index (χ3n) is 12.4. The molecule has 0 spiro atoms. The Hall–Kier alpha value is -1.02. The normalized spacial score (nSPS) is 14.2. The summed E-state index contributed by atoms with van der Waals surface area (Å²) in [6, 6.07) is -0.888. The number of carbonyl (C=O) groups is 1. The average molecular weight is 911 g/mol. The quantitative estimate of drug-likeness (QED) is 0.0272. The summed E-state index contributed by atoms with van der Waals surface area (Å²) >= 11 is 0. The number of rotatable bonds is 50. The molecule has 0 aliphatic rings. The van der Waals surface area contributed by atoms with Crippen molar-refractivity contribution in [1.29, 1.82) is 0 Å². The van der Waals surface area contributed by atoms with E-state index in [1.807, 2.05) is 27.2 Å². The number of phosphoric acid groups is 1. The van der Waals surface area contributed by atoms with Crippen LogP contribution in [-0.4, -0.2) is 68.5 Å². The molecule has 3 unspecified atom stereocenters. The van der Waals surface area contributed by atoms with Crippen LogP contribution < -0.4 is 10.2 Å². The van der Waals surface area contributed by atoms with Crippen LogP contribution in [0.4, 0.5) is 0 Å². The van der Waals surface area contributed by atoms with Crippen LogP contribution in [0.5, 0.6) is 0 Å². The fourth-order valence-electron chi connectivity index (χ4n) is 8.09. The predicted molar refractivity (Wildman–Crippen MR) is 270 cm³/mol. The van der Waals surface area contributed by atoms with Crippen molar-refractivity contribution in [3.8, 4) is 0 Å². The number of unbranched alkanes of at least 4 members (excludes halogenated alkanes) is 35. The van der Waals surface area contributed by atoms with Crippen molar-refractivity contribution in [2.45, 2.75) is 276 Å². The summed E-state index contributed by atoms with van der Waals surface area (Å²) in [5, 5.41) is 13.8. The predicted octanol–water partition coefficient (Wildman–Crippen LogP) is 15.4. The second-order valence-corrected chi connectivity index (χ2v) is 21.3. The van der Waals surface area contributed by atoms with Gasteiger partial charge in [-0.3, -0.25) is 9.36 Å². The Morgan fingerprint density at radius 3 is 1.25 bits per heavy atom. The van der Waals surface area contributed by atoms with Gasteiger partial charge in [0.25, 0.3) is 7.82 Å². The lowest BCUT2D eigenvalue weighted by molar-refractivity contribution is -0.870. The molecule has 0 aromatic rings. The number of amides is 1. The number of quaternary nitrogens is 1. The summed E-state index contributed by atoms with van der Waals surface area (Å²) in [7, 11) is 1.26. The summed E-state index contributed by atoms with van der Waals surface area (Å²) in [4.78, 5) is 25.4. The molecule has 0 fully saturated rings. The zero-order valence-corrected chi connectivity index (χ0v) is 43.4. The number of hydrogen-bond acceptors (Lipinski definition) is 6. The van der Waals surface area contributed by atoms with E-state index in [1.54, 1.807) is 6.08 Å². The SMILES string of the molecule is CCCCCC/C=C\CCCCCCCC(=O)NC(COP(=O)([O-])OCC[N+](C)(C)C)C(O)/C=C/CCCCCCCCCCCCCCCCCCCCCCCCCCCC. The Morgan fingerprint density at radius 2 is 0.873 bits per heavy atom. The maximum Gasteiger partial charge on any atom is 0.268 e. The van der Waals surface area contributed by atoms with E-state index in [4.69, 9.17) is 9.05 Å². The van der Waals surface area contributed by atoms with Crippen LogP contribution in [-0.2, 0) is 18.4 Å². The van der Waals surface area contributed by atoms with E-state index in [0.717, 1.165) is 51.4 Å². The fraction of sp³-hybridized carbons (Fsp3) is 0.907. The molecule has 0 aromatic carbocycles. The van der Waals surface area contributed by atoms with Crippen molar-refractivity contribution >= 4 is 13.7 Å². The molecule has 63 heavy (non-hydrogen) atoms. The molecule has 374 valence electrons. The maximum atomic E-state index is 12.9. The van der Waals surface area contributed by atoms with Gasteiger partial charge < -0.3 is 28.8 Å². The van der Waals surface area contributed by atoms with Gasteiger partial charge in [0.05, 0.1) is 39.9 Å². The van der Waals surface area contributed by atoms with Crippen molar-refractivity contribution < 1.29 is 32.9 Å². The molecule has 8 nitrogen and oxygen atoms in total. The Labute approximate surface area is 392 Å². The highest BCUT2D eigenvalue weighted by atomic mass is 31.2. The number of aliphatic hydroxyl groups is 1. The van der Waals surface area contributed by atoms with Gasteiger partial charge in [0.1, 0.15) is 13.2 Å². The number of aliphatic hydroxyl groups excluding tert-OH is 1. The van der Waals surface area contributed by atoms with Gasteiger partial charge in [-0.1, -0.05) is 237 Å². The molecular formula is C54H107N2O6P. The highest BCUT2D eigenvalue weighted by Gasteiger charge is 2.23. The van der Waals surface area contributed by atoms with Crippen LogP contribution in [0.1, 0.15) is 264 Å². The summed E-state index contributed by atoms with van der Waals surface area (Å²) in [6.07, 6.45) is 56.8. The minimum atomic E-state index is -4.59. The number of carbonyl (C=O) groups excluding carboxylic acids is 1. The highest BCUT2D eigenvalue weighted by molar-refractivity contribution is 7.45. The zero-order chi connectivity index (χ0) is 46.4. The van der Waals surface area contributed by atoms with Crippen molar-refractivity contribution in [2.75, 3.05) is 40.9 Å². The lowest BCUT2D eigenvalue weighted by Crippen LogP contribution is -2.45. The first-order valence-corrected chi connectivity index (χ1v) is 28.7. The topological polar surface area (TPSA) is 108 Å². The van der Waals surface area contributed by atoms with Crippen LogP contribution >= 0.6 is 7.82 Å². The van der Waals surface area contributed by atoms with E-state index in [1.165, 1.54) is 193 Å². The molecule has 0 aromatic heterocycles. The number of phosphoric ester groups is 1. The van der Waals surface area contributed by atoms with E-state index in [9.17, 15) is 19.4 Å². The zero-order valence-electron chi connectivity index (χ0n) is 42.5. The van der Waals surface area contributed by atoms with Crippen LogP contribution in [0.2, 0.25) is 0 Å². The molecule has 3 atom stereocenters. The molecule has 0 aliphatic carbocycles. The Balaban J connectivity index is 4.14. The first kappa shape index (κ1) is 62.0. The molecule has 9 heteroatoms. The Kier molecular flexibility index (Phi) is 45.4. The Bertz CT molecular complexity index is 1080. The number of nitrogens with one attached hydrogen (secondary N) is 1. The lowest BCUT2D eigenvalue weighted by Gasteiger charge is -2.29. The number of nitrogens with zero attached hydrogens (tertiary/aromatic N) is 1. The first-order valence-electron chi connectivity index (χ1n) is 27.2. The van der Waals surface area contributed by atoms with E-state index >= 15 is 0 Å². The molecule has 0 radical (unpaired) electrons. The largest absolute Gasteiger partial charge is 0.756 e. The monoisotopic (exact) mass is 911 g/mol. The van der Waals surface area contributed by atoms with E-state index in [0.29, 0.717) is 17.4 Å². The van der Waals surface area contributed by atoms with Gasteiger partial charge in [-0.05, 0) is 44.9 Å². The van der Waals surface area contributed by atoms with Crippen LogP contribution in [0.15, 0.2) is 24.3 Å². The van der Waals surface area contributed by atoms with Crippen LogP contribution in [0.25, 0.3) is 0 Å². The fourth-order valence-corrected chi connectivity index (χ4v) is 8.81. The van der Waals surface area contributed by atoms with E-state index < -0.39 is 20.0 Å². The number of hydrogen-bond donors (Lipinski definition) is 2. The molecule has 0 aliphatic heterocycles. The molecule has 0 saturated heterocycles. The first-order chi connectivity index (χ1) is 30.5. The minimum Gasteiger partial charge on any atom is -0.756 e. The van der Waals surface area contributed by atoms with Gasteiger partial charge in [0.15, 0.2) is 0 Å². The van der Waals surface area contributed by atoms with Gasteiger partial charge in [0.2, 0.25) is 5.91 Å². The third kappa shape index (κ3) is 48.7. The molecular weight excluding hydrogens is 804 g/mol. The molecule has 0 rings (SSSR count). The van der Waals surface area contributed by atoms with Crippen molar-refractivity contribution in [3.05, 3.63) is 24.3 Å². The summed E-state index contributed by atoms with van der Waals surface area (Å²) in [6.45, 7) is 4.65. The number of likely N-dealkylation sites (N-methyl/N-ethyl adjacent to an activating group) is 1. The van der Waals surface area contributed by atoms with Crippen molar-refractivity contribution in [2.24, 2.45) is 0 Å². The van der Waals surface area contributed by atoms with E-state index in [-0.39, 0.29) is 19.1 Å². The van der Waals surface area contributed by atoms with Crippen LogP contribution in [0.3, 0.4) is 0 Å². The minimum absolute atomic E-state index is 0.00126. The van der Waals surface area contributed by atoms with Crippen molar-refractivity contribution in [1.82, 2.24) is 5.32 Å². The molecule has 0 heterocycles. The third-order valence-corrected chi connectivity index (χ3v) is 13.4. The molecule has 0 bridgehead atoms. The van der Waals surface area contributed by atoms with Gasteiger partial charge in [-0.25, -0.2) is 0 Å². The number of allylic oxidation sites excluding steroid dienone is 3. The molecule has 1 amide bonds. The van der Waals surface area contributed by atoms with E-state index in [2.05, 4.69) is 31.3 Å². The standard InChI is InChI=1S/C54H107N2O6P/c1-6-8-10-12-14-16-18-20-21-22-23-24-25-26-27-28-29-30-31-32-33-34-36-37-39-41-43-45-47-53(57)52(51-62-63(59,60)61-50-49-56(3,4)5)55-54(58)48-46-44-42-40-38-35-19-17-15-13-11-9-7-2/h17,19,45,47,52-53,57H,6-16,18,20-44,46,48-51H2,1-5H3,(H-,55,58,59,60)/b19-17-,47-45+. The van der Waals surface area contributed by atoms with Crippen LogP contribution in [0, 0.1) is 0 Å².